The number of hydrogen-bond donors (Lipinski definition) is 1. The summed E-state index contributed by atoms with van der Waals surface area (Å²) in [6.07, 6.45) is 6.79. The van der Waals surface area contributed by atoms with E-state index in [2.05, 4.69) is 70.3 Å². The summed E-state index contributed by atoms with van der Waals surface area (Å²) in [6, 6.07) is 18.0. The van der Waals surface area contributed by atoms with Crippen LogP contribution in [0.1, 0.15) is 37.3 Å². The molecule has 5 rings (SSSR count). The van der Waals surface area contributed by atoms with Gasteiger partial charge in [0.1, 0.15) is 5.65 Å². The summed E-state index contributed by atoms with van der Waals surface area (Å²) in [5.41, 5.74) is 7.46. The Labute approximate surface area is 184 Å². The first-order chi connectivity index (χ1) is 15.3. The van der Waals surface area contributed by atoms with Gasteiger partial charge < -0.3 is 9.72 Å². The lowest BCUT2D eigenvalue weighted by Gasteiger charge is -2.26. The van der Waals surface area contributed by atoms with Gasteiger partial charge in [-0.1, -0.05) is 50.1 Å². The normalized spacial score (nSPS) is 15.1. The Hall–Kier alpha value is -2.69. The second-order valence-corrected chi connectivity index (χ2v) is 8.62. The number of morpholine rings is 1. The maximum absolute atomic E-state index is 5.46. The van der Waals surface area contributed by atoms with Crippen molar-refractivity contribution in [3.05, 3.63) is 65.9 Å². The topological polar surface area (TPSA) is 41.2 Å². The number of rotatable bonds is 7. The lowest BCUT2D eigenvalue weighted by Crippen LogP contribution is -2.35. The van der Waals surface area contributed by atoms with E-state index in [1.807, 2.05) is 6.20 Å². The summed E-state index contributed by atoms with van der Waals surface area (Å²) in [5.74, 6) is 0. The second kappa shape index (κ2) is 9.21. The maximum atomic E-state index is 5.46. The van der Waals surface area contributed by atoms with Crippen LogP contribution in [-0.4, -0.2) is 41.2 Å². The van der Waals surface area contributed by atoms with Crippen molar-refractivity contribution in [2.75, 3.05) is 26.3 Å². The van der Waals surface area contributed by atoms with Crippen LogP contribution in [0.5, 0.6) is 0 Å². The van der Waals surface area contributed by atoms with E-state index in [4.69, 9.17) is 4.74 Å². The Kier molecular flexibility index (Phi) is 6.01. The smallest absolute Gasteiger partial charge is 0.138 e. The van der Waals surface area contributed by atoms with E-state index >= 15 is 0 Å². The molecule has 4 aromatic rings. The number of hydrogen-bond acceptors (Lipinski definition) is 3. The fraction of sp³-hybridized carbons (Fsp3) is 0.370. The van der Waals surface area contributed by atoms with Crippen LogP contribution in [0.3, 0.4) is 0 Å². The summed E-state index contributed by atoms with van der Waals surface area (Å²) >= 11 is 0. The Balaban J connectivity index is 1.44. The molecule has 1 aliphatic heterocycles. The number of fused-ring (bicyclic) bond motifs is 3. The third-order valence-electron chi connectivity index (χ3n) is 6.43. The largest absolute Gasteiger partial charge is 0.379 e. The minimum atomic E-state index is 0.845. The van der Waals surface area contributed by atoms with Gasteiger partial charge in [0.2, 0.25) is 0 Å². The molecule has 0 radical (unpaired) electrons. The fourth-order valence-electron chi connectivity index (χ4n) is 4.66. The summed E-state index contributed by atoms with van der Waals surface area (Å²) in [5, 5.41) is 2.57. The van der Waals surface area contributed by atoms with Gasteiger partial charge in [0.05, 0.1) is 13.2 Å². The molecular weight excluding hydrogens is 382 g/mol. The van der Waals surface area contributed by atoms with Crippen LogP contribution in [0.4, 0.5) is 0 Å². The van der Waals surface area contributed by atoms with E-state index in [1.54, 1.807) is 0 Å². The first-order valence-electron chi connectivity index (χ1n) is 11.6. The van der Waals surface area contributed by atoms with Crippen molar-refractivity contribution in [3.63, 3.8) is 0 Å². The Morgan fingerprint density at radius 1 is 0.968 bits per heavy atom. The highest BCUT2D eigenvalue weighted by atomic mass is 16.5. The zero-order chi connectivity index (χ0) is 21.0. The molecule has 2 aromatic carbocycles. The molecular formula is C27H31N3O. The highest BCUT2D eigenvalue weighted by Gasteiger charge is 2.12. The first kappa shape index (κ1) is 20.2. The molecule has 0 saturated carbocycles. The van der Waals surface area contributed by atoms with Crippen molar-refractivity contribution < 1.29 is 4.74 Å². The van der Waals surface area contributed by atoms with E-state index < -0.39 is 0 Å². The van der Waals surface area contributed by atoms with Crippen molar-refractivity contribution in [2.24, 2.45) is 0 Å². The highest BCUT2D eigenvalue weighted by Crippen LogP contribution is 2.32. The number of nitrogens with zero attached hydrogens (tertiary/aromatic N) is 2. The summed E-state index contributed by atoms with van der Waals surface area (Å²) < 4.78 is 5.46. The van der Waals surface area contributed by atoms with Gasteiger partial charge in [-0.3, -0.25) is 4.90 Å². The molecule has 160 valence electrons. The highest BCUT2D eigenvalue weighted by molar-refractivity contribution is 6.08. The van der Waals surface area contributed by atoms with E-state index in [0.29, 0.717) is 0 Å². The van der Waals surface area contributed by atoms with E-state index in [9.17, 15) is 0 Å². The van der Waals surface area contributed by atoms with Crippen LogP contribution >= 0.6 is 0 Å². The average Bonchev–Trinajstić information content (AvgIpc) is 3.19. The van der Waals surface area contributed by atoms with Crippen molar-refractivity contribution in [3.8, 4) is 11.1 Å². The number of unbranched alkanes of at least 4 members (excludes halogenated alkanes) is 2. The van der Waals surface area contributed by atoms with Crippen molar-refractivity contribution >= 4 is 21.9 Å². The molecule has 1 aliphatic rings. The van der Waals surface area contributed by atoms with Gasteiger partial charge in [-0.15, -0.1) is 0 Å². The molecule has 1 N–H and O–H groups in total. The third kappa shape index (κ3) is 4.36. The van der Waals surface area contributed by atoms with Gasteiger partial charge >= 0.3 is 0 Å². The van der Waals surface area contributed by atoms with Crippen LogP contribution in [0, 0.1) is 0 Å². The number of aryl methyl sites for hydroxylation is 1. The summed E-state index contributed by atoms with van der Waals surface area (Å²) in [4.78, 5) is 10.6. The molecule has 0 unspecified atom stereocenters. The predicted molar refractivity (Wildman–Crippen MR) is 128 cm³/mol. The molecule has 4 nitrogen and oxygen atoms in total. The van der Waals surface area contributed by atoms with E-state index in [0.717, 1.165) is 50.4 Å². The third-order valence-corrected chi connectivity index (χ3v) is 6.43. The zero-order valence-electron chi connectivity index (χ0n) is 18.4. The summed E-state index contributed by atoms with van der Waals surface area (Å²) in [6.45, 7) is 6.99. The predicted octanol–water partition coefficient (Wildman–Crippen LogP) is 5.95. The van der Waals surface area contributed by atoms with E-state index in [-0.39, 0.29) is 0 Å². The van der Waals surface area contributed by atoms with Gasteiger partial charge in [-0.05, 0) is 53.3 Å². The van der Waals surface area contributed by atoms with Crippen LogP contribution in [0.2, 0.25) is 0 Å². The van der Waals surface area contributed by atoms with Gasteiger partial charge in [0, 0.05) is 42.1 Å². The molecule has 4 heteroatoms. The van der Waals surface area contributed by atoms with Gasteiger partial charge in [0.15, 0.2) is 0 Å². The number of ether oxygens (including phenoxy) is 1. The minimum absolute atomic E-state index is 0.845. The van der Waals surface area contributed by atoms with Crippen LogP contribution < -0.4 is 0 Å². The van der Waals surface area contributed by atoms with Gasteiger partial charge in [-0.2, -0.15) is 0 Å². The SMILES string of the molecule is CCCCCc1ccnc2[nH]c3ccc(-c4ccc(CN5CCOCC5)cc4)cc3c12. The van der Waals surface area contributed by atoms with Crippen molar-refractivity contribution in [2.45, 2.75) is 39.2 Å². The number of H-pyrrole nitrogens is 1. The quantitative estimate of drug-likeness (QED) is 0.381. The van der Waals surface area contributed by atoms with Crippen molar-refractivity contribution in [1.82, 2.24) is 14.9 Å². The lowest BCUT2D eigenvalue weighted by atomic mass is 9.99. The zero-order valence-corrected chi connectivity index (χ0v) is 18.4. The fourth-order valence-corrected chi connectivity index (χ4v) is 4.66. The van der Waals surface area contributed by atoms with Gasteiger partial charge in [-0.25, -0.2) is 4.98 Å². The molecule has 1 fully saturated rings. The monoisotopic (exact) mass is 413 g/mol. The summed E-state index contributed by atoms with van der Waals surface area (Å²) in [7, 11) is 0. The molecule has 1 saturated heterocycles. The Bertz CT molecular complexity index is 1160. The number of aromatic nitrogens is 2. The lowest BCUT2D eigenvalue weighted by molar-refractivity contribution is 0.0342. The van der Waals surface area contributed by atoms with Crippen molar-refractivity contribution in [1.29, 1.82) is 0 Å². The van der Waals surface area contributed by atoms with E-state index in [1.165, 1.54) is 52.3 Å². The molecule has 0 bridgehead atoms. The minimum Gasteiger partial charge on any atom is -0.379 e. The molecule has 31 heavy (non-hydrogen) atoms. The number of benzene rings is 2. The number of aromatic amines is 1. The standard InChI is InChI=1S/C27H31N3O/c1-2-3-4-5-22-12-13-28-27-26(22)24-18-23(10-11-25(24)29-27)21-8-6-20(7-9-21)19-30-14-16-31-17-15-30/h6-13,18H,2-5,14-17,19H2,1H3,(H,28,29). The van der Waals surface area contributed by atoms with Crippen LogP contribution in [-0.2, 0) is 17.7 Å². The second-order valence-electron chi connectivity index (χ2n) is 8.62. The molecule has 0 atom stereocenters. The molecule has 0 aliphatic carbocycles. The maximum Gasteiger partial charge on any atom is 0.138 e. The van der Waals surface area contributed by atoms with Gasteiger partial charge in [0.25, 0.3) is 0 Å². The Morgan fingerprint density at radius 2 is 1.77 bits per heavy atom. The number of pyridine rings is 1. The first-order valence-corrected chi connectivity index (χ1v) is 11.6. The number of nitrogens with one attached hydrogen (secondary N) is 1. The molecule has 2 aromatic heterocycles. The molecule has 0 amide bonds. The molecule has 3 heterocycles. The van der Waals surface area contributed by atoms with Crippen LogP contribution in [0.25, 0.3) is 33.1 Å². The average molecular weight is 414 g/mol. The van der Waals surface area contributed by atoms with Crippen LogP contribution in [0.15, 0.2) is 54.7 Å². The molecule has 0 spiro atoms. The Morgan fingerprint density at radius 3 is 2.58 bits per heavy atom.